The number of methoxy groups -OCH3 is 3. The Kier molecular flexibility index (Phi) is 6.80. The van der Waals surface area contributed by atoms with Crippen molar-refractivity contribution in [3.63, 3.8) is 0 Å². The third-order valence-corrected chi connectivity index (χ3v) is 6.69. The van der Waals surface area contributed by atoms with Crippen molar-refractivity contribution in [3.8, 4) is 22.9 Å². The fraction of sp³-hybridized carbons (Fsp3) is 0.143. The van der Waals surface area contributed by atoms with E-state index in [9.17, 15) is 4.79 Å². The zero-order chi connectivity index (χ0) is 26.8. The molecule has 1 amide bonds. The Balaban J connectivity index is 1.61. The molecule has 5 aromatic rings. The van der Waals surface area contributed by atoms with Gasteiger partial charge in [0.1, 0.15) is 11.2 Å². The molecular weight excluding hydrogens is 502 g/mol. The van der Waals surface area contributed by atoms with Crippen molar-refractivity contribution >= 4 is 44.5 Å². The first-order valence-electron chi connectivity index (χ1n) is 11.6. The molecule has 0 aliphatic rings. The number of fused-ring (bicyclic) bond motifs is 1. The number of rotatable bonds is 8. The largest absolute Gasteiger partial charge is 0.493 e. The second-order valence-corrected chi connectivity index (χ2v) is 9.21. The summed E-state index contributed by atoms with van der Waals surface area (Å²) in [4.78, 5) is 29.9. The summed E-state index contributed by atoms with van der Waals surface area (Å²) < 4.78 is 18.2. The van der Waals surface area contributed by atoms with Gasteiger partial charge in [0.2, 0.25) is 11.6 Å². The highest BCUT2D eigenvalue weighted by molar-refractivity contribution is 7.16. The predicted molar refractivity (Wildman–Crippen MR) is 148 cm³/mol. The second-order valence-electron chi connectivity index (χ2n) is 8.31. The van der Waals surface area contributed by atoms with Crippen LogP contribution >= 0.6 is 11.3 Å². The number of allylic oxidation sites excluding steroid dienone is 1. The molecule has 0 saturated heterocycles. The van der Waals surface area contributed by atoms with Crippen molar-refractivity contribution in [3.05, 3.63) is 84.5 Å². The molecule has 0 bridgehead atoms. The number of hydrogen-bond donors (Lipinski definition) is 0. The average Bonchev–Trinajstić information content (AvgIpc) is 3.62. The van der Waals surface area contributed by atoms with Crippen LogP contribution < -0.4 is 19.1 Å². The fourth-order valence-electron chi connectivity index (χ4n) is 4.09. The Morgan fingerprint density at radius 3 is 2.34 bits per heavy atom. The molecule has 0 fully saturated rings. The van der Waals surface area contributed by atoms with Gasteiger partial charge in [-0.1, -0.05) is 24.8 Å². The molecule has 0 aliphatic heterocycles. The van der Waals surface area contributed by atoms with Crippen molar-refractivity contribution in [2.45, 2.75) is 6.92 Å². The van der Waals surface area contributed by atoms with Crippen LogP contribution in [0.2, 0.25) is 0 Å². The first-order valence-corrected chi connectivity index (χ1v) is 12.5. The number of amides is 1. The molecule has 0 aliphatic carbocycles. The van der Waals surface area contributed by atoms with Gasteiger partial charge in [0.25, 0.3) is 0 Å². The highest BCUT2D eigenvalue weighted by Gasteiger charge is 2.26. The number of anilines is 2. The van der Waals surface area contributed by atoms with Gasteiger partial charge in [-0.15, -0.1) is 11.3 Å². The van der Waals surface area contributed by atoms with Gasteiger partial charge in [0.15, 0.2) is 17.3 Å². The first-order chi connectivity index (χ1) is 18.4. The molecule has 192 valence electrons. The van der Waals surface area contributed by atoms with Gasteiger partial charge in [-0.3, -0.25) is 9.69 Å². The van der Waals surface area contributed by atoms with Gasteiger partial charge in [0.05, 0.1) is 44.6 Å². The first kappa shape index (κ1) is 25.0. The summed E-state index contributed by atoms with van der Waals surface area (Å²) in [6, 6.07) is 14.8. The number of hydrogen-bond acceptors (Lipinski definition) is 8. The van der Waals surface area contributed by atoms with Gasteiger partial charge in [-0.25, -0.2) is 15.0 Å². The van der Waals surface area contributed by atoms with E-state index in [1.165, 1.54) is 16.2 Å². The molecule has 5 rings (SSSR count). The third kappa shape index (κ3) is 4.46. The monoisotopic (exact) mass is 527 g/mol. The van der Waals surface area contributed by atoms with E-state index in [1.54, 1.807) is 50.6 Å². The topological polar surface area (TPSA) is 91.6 Å². The third-order valence-electron chi connectivity index (χ3n) is 5.88. The summed E-state index contributed by atoms with van der Waals surface area (Å²) in [5.74, 6) is 1.51. The number of ether oxygens (including phenoxy) is 3. The highest BCUT2D eigenvalue weighted by Crippen LogP contribution is 2.39. The number of imidazole rings is 1. The molecule has 0 spiro atoms. The van der Waals surface area contributed by atoms with Gasteiger partial charge < -0.3 is 18.8 Å². The van der Waals surface area contributed by atoms with Gasteiger partial charge in [0, 0.05) is 17.5 Å². The van der Waals surface area contributed by atoms with Crippen LogP contribution in [-0.4, -0.2) is 46.8 Å². The van der Waals surface area contributed by atoms with Crippen LogP contribution in [0.5, 0.6) is 17.2 Å². The Bertz CT molecular complexity index is 1620. The van der Waals surface area contributed by atoms with E-state index in [4.69, 9.17) is 14.2 Å². The summed E-state index contributed by atoms with van der Waals surface area (Å²) >= 11 is 1.45. The smallest absolute Gasteiger partial charge is 0.301 e. The normalized spacial score (nSPS) is 10.8. The minimum absolute atomic E-state index is 0.0594. The predicted octanol–water partition coefficient (Wildman–Crippen LogP) is 5.91. The quantitative estimate of drug-likeness (QED) is 0.248. The zero-order valence-corrected chi connectivity index (χ0v) is 22.2. The number of thiophene rings is 1. The number of aromatic nitrogens is 4. The van der Waals surface area contributed by atoms with E-state index in [2.05, 4.69) is 21.5 Å². The van der Waals surface area contributed by atoms with Crippen molar-refractivity contribution < 1.29 is 19.0 Å². The molecule has 3 aromatic heterocycles. The van der Waals surface area contributed by atoms with Crippen LogP contribution in [0.3, 0.4) is 0 Å². The minimum atomic E-state index is -0.413. The van der Waals surface area contributed by atoms with Crippen molar-refractivity contribution in [1.82, 2.24) is 19.5 Å². The number of benzene rings is 2. The van der Waals surface area contributed by atoms with Crippen molar-refractivity contribution in [2.75, 3.05) is 26.2 Å². The Labute approximate surface area is 223 Å². The average molecular weight is 528 g/mol. The van der Waals surface area contributed by atoms with Gasteiger partial charge in [-0.05, 0) is 36.1 Å². The lowest BCUT2D eigenvalue weighted by Gasteiger charge is -2.20. The maximum absolute atomic E-state index is 14.0. The molecule has 3 heterocycles. The van der Waals surface area contributed by atoms with Gasteiger partial charge in [-0.2, -0.15) is 0 Å². The highest BCUT2D eigenvalue weighted by atomic mass is 32.1. The van der Waals surface area contributed by atoms with E-state index in [0.29, 0.717) is 40.1 Å². The molecule has 0 radical (unpaired) electrons. The maximum Gasteiger partial charge on any atom is 0.301 e. The molecule has 0 N–H and O–H groups in total. The molecule has 2 aromatic carbocycles. The number of carbonyl (C=O) groups is 1. The lowest BCUT2D eigenvalue weighted by molar-refractivity contribution is 0.0989. The summed E-state index contributed by atoms with van der Waals surface area (Å²) in [6.45, 7) is 5.90. The summed E-state index contributed by atoms with van der Waals surface area (Å²) in [5, 5.41) is 2.80. The maximum atomic E-state index is 14.0. The lowest BCUT2D eigenvalue weighted by Crippen LogP contribution is -2.28. The summed E-state index contributed by atoms with van der Waals surface area (Å²) in [7, 11) is 4.66. The van der Waals surface area contributed by atoms with Gasteiger partial charge >= 0.3 is 5.91 Å². The molecule has 9 nitrogen and oxygen atoms in total. The Hall–Kier alpha value is -4.70. The molecule has 38 heavy (non-hydrogen) atoms. The zero-order valence-electron chi connectivity index (χ0n) is 21.3. The van der Waals surface area contributed by atoms with E-state index >= 15 is 0 Å². The number of carbonyl (C=O) groups excluding carboxylic acids is 1. The Morgan fingerprint density at radius 1 is 1.00 bits per heavy atom. The van der Waals surface area contributed by atoms with E-state index < -0.39 is 5.91 Å². The van der Waals surface area contributed by atoms with Crippen LogP contribution in [0.15, 0.2) is 73.0 Å². The standard InChI is InChI=1S/C28H25N5O4S/c1-17(2)24-20-11-12-38-27(20)31-26(30-24)28(34)33(18-9-7-6-8-10-18)23-15-32(16-29-23)19-13-21(35-3)25(37-5)22(14-19)36-4/h6-16H,1H2,2-5H3. The SMILES string of the molecule is C=C(C)c1nc(C(=O)N(c2ccccc2)c2cn(-c3cc(OC)c(OC)c(OC)c3)cn2)nc2sccc12. The lowest BCUT2D eigenvalue weighted by atomic mass is 10.2. The molecule has 0 atom stereocenters. The van der Waals surface area contributed by atoms with Crippen LogP contribution in [0, 0.1) is 0 Å². The minimum Gasteiger partial charge on any atom is -0.493 e. The molecule has 0 saturated carbocycles. The van der Waals surface area contributed by atoms with Crippen LogP contribution in [-0.2, 0) is 0 Å². The summed E-state index contributed by atoms with van der Waals surface area (Å²) in [6.07, 6.45) is 3.36. The Morgan fingerprint density at radius 2 is 1.71 bits per heavy atom. The van der Waals surface area contributed by atoms with E-state index in [0.717, 1.165) is 15.8 Å². The molecule has 0 unspecified atom stereocenters. The van der Waals surface area contributed by atoms with Crippen LogP contribution in [0.4, 0.5) is 11.5 Å². The number of para-hydroxylation sites is 1. The molecule has 10 heteroatoms. The molecular formula is C28H25N5O4S. The fourth-order valence-corrected chi connectivity index (χ4v) is 4.86. The van der Waals surface area contributed by atoms with Crippen molar-refractivity contribution in [1.29, 1.82) is 0 Å². The van der Waals surface area contributed by atoms with Crippen molar-refractivity contribution in [2.24, 2.45) is 0 Å². The second kappa shape index (κ2) is 10.3. The number of nitrogens with zero attached hydrogens (tertiary/aromatic N) is 5. The summed E-state index contributed by atoms with van der Waals surface area (Å²) in [5.41, 5.74) is 2.73. The van der Waals surface area contributed by atoms with Crippen LogP contribution in [0.1, 0.15) is 23.2 Å². The van der Waals surface area contributed by atoms with E-state index in [-0.39, 0.29) is 5.82 Å². The van der Waals surface area contributed by atoms with Crippen LogP contribution in [0.25, 0.3) is 21.5 Å². The van der Waals surface area contributed by atoms with E-state index in [1.807, 2.05) is 48.7 Å².